The molecule has 0 saturated carbocycles. The average molecular weight is 263 g/mol. The van der Waals surface area contributed by atoms with Gasteiger partial charge in [-0.1, -0.05) is 30.7 Å². The molecule has 0 aliphatic rings. The van der Waals surface area contributed by atoms with Gasteiger partial charge in [0, 0.05) is 11.6 Å². The molecule has 0 saturated heterocycles. The lowest BCUT2D eigenvalue weighted by molar-refractivity contribution is -0.122. The second kappa shape index (κ2) is 7.49. The molecular weight excluding hydrogens is 247 g/mol. The number of hydrogen-bond acceptors (Lipinski definition) is 2. The summed E-state index contributed by atoms with van der Waals surface area (Å²) in [4.78, 5) is 11.4. The third-order valence-corrected chi connectivity index (χ3v) is 2.41. The van der Waals surface area contributed by atoms with E-state index in [1.165, 1.54) is 0 Å². The van der Waals surface area contributed by atoms with Gasteiger partial charge in [-0.3, -0.25) is 4.79 Å². The van der Waals surface area contributed by atoms with E-state index >= 15 is 0 Å². The lowest BCUT2D eigenvalue weighted by atomic mass is 10.2. The Balaban J connectivity index is 0.00000225. The molecule has 0 unspecified atom stereocenters. The molecule has 0 heterocycles. The van der Waals surface area contributed by atoms with Crippen molar-refractivity contribution < 1.29 is 4.79 Å². The second-order valence-corrected chi connectivity index (χ2v) is 3.80. The molecule has 0 radical (unpaired) electrons. The van der Waals surface area contributed by atoms with Gasteiger partial charge in [-0.25, -0.2) is 0 Å². The molecule has 16 heavy (non-hydrogen) atoms. The van der Waals surface area contributed by atoms with Crippen LogP contribution in [0.1, 0.15) is 18.9 Å². The topological polar surface area (TPSA) is 55.1 Å². The van der Waals surface area contributed by atoms with E-state index in [0.717, 1.165) is 5.56 Å². The fourth-order valence-corrected chi connectivity index (χ4v) is 1.23. The fourth-order valence-electron chi connectivity index (χ4n) is 1.11. The van der Waals surface area contributed by atoms with Crippen molar-refractivity contribution in [3.8, 4) is 0 Å². The summed E-state index contributed by atoms with van der Waals surface area (Å²) >= 11 is 5.74. The van der Waals surface area contributed by atoms with E-state index in [2.05, 4.69) is 5.32 Å². The Bertz CT molecular complexity index is 327. The quantitative estimate of drug-likeness (QED) is 0.874. The number of hydrogen-bond donors (Lipinski definition) is 2. The molecule has 90 valence electrons. The Morgan fingerprint density at radius 1 is 1.44 bits per heavy atom. The summed E-state index contributed by atoms with van der Waals surface area (Å²) in [6, 6.07) is 6.92. The van der Waals surface area contributed by atoms with E-state index in [9.17, 15) is 4.79 Å². The first-order valence-corrected chi connectivity index (χ1v) is 5.29. The van der Waals surface area contributed by atoms with Crippen LogP contribution in [-0.2, 0) is 11.3 Å². The molecule has 3 N–H and O–H groups in total. The van der Waals surface area contributed by atoms with Crippen molar-refractivity contribution >= 4 is 29.9 Å². The molecule has 0 aromatic heterocycles. The first-order valence-electron chi connectivity index (χ1n) is 4.91. The van der Waals surface area contributed by atoms with Crippen LogP contribution in [-0.4, -0.2) is 11.9 Å². The van der Waals surface area contributed by atoms with Crippen LogP contribution >= 0.6 is 24.0 Å². The summed E-state index contributed by atoms with van der Waals surface area (Å²) in [5, 5.41) is 3.45. The highest BCUT2D eigenvalue weighted by Gasteiger charge is 2.09. The number of amides is 1. The van der Waals surface area contributed by atoms with Gasteiger partial charge in [-0.05, 0) is 24.1 Å². The molecule has 1 rings (SSSR count). The van der Waals surface area contributed by atoms with Crippen molar-refractivity contribution in [1.29, 1.82) is 0 Å². The van der Waals surface area contributed by atoms with Crippen molar-refractivity contribution in [2.75, 3.05) is 0 Å². The van der Waals surface area contributed by atoms with Gasteiger partial charge in [0.25, 0.3) is 0 Å². The van der Waals surface area contributed by atoms with E-state index in [0.29, 0.717) is 18.0 Å². The molecule has 5 heteroatoms. The van der Waals surface area contributed by atoms with Crippen LogP contribution in [0, 0.1) is 0 Å². The zero-order valence-electron chi connectivity index (χ0n) is 9.07. The van der Waals surface area contributed by atoms with Crippen molar-refractivity contribution in [3.05, 3.63) is 34.9 Å². The van der Waals surface area contributed by atoms with Gasteiger partial charge in [-0.15, -0.1) is 12.4 Å². The van der Waals surface area contributed by atoms with Gasteiger partial charge in [0.2, 0.25) is 5.91 Å². The molecule has 0 spiro atoms. The Morgan fingerprint density at radius 3 is 2.50 bits per heavy atom. The minimum absolute atomic E-state index is 0. The number of halogens is 2. The van der Waals surface area contributed by atoms with Crippen molar-refractivity contribution in [2.45, 2.75) is 25.9 Å². The van der Waals surface area contributed by atoms with Gasteiger partial charge in [0.15, 0.2) is 0 Å². The zero-order chi connectivity index (χ0) is 11.3. The summed E-state index contributed by atoms with van der Waals surface area (Å²) in [5.41, 5.74) is 6.58. The van der Waals surface area contributed by atoms with Crippen LogP contribution in [0.5, 0.6) is 0 Å². The van der Waals surface area contributed by atoms with Crippen molar-refractivity contribution in [3.63, 3.8) is 0 Å². The summed E-state index contributed by atoms with van der Waals surface area (Å²) in [6.45, 7) is 2.37. The molecule has 1 aromatic carbocycles. The predicted molar refractivity (Wildman–Crippen MR) is 68.8 cm³/mol. The summed E-state index contributed by atoms with van der Waals surface area (Å²) < 4.78 is 0. The van der Waals surface area contributed by atoms with E-state index in [4.69, 9.17) is 17.3 Å². The Hall–Kier alpha value is -0.770. The molecular formula is C11H16Cl2N2O. The number of nitrogens with one attached hydrogen (secondary N) is 1. The normalized spacial score (nSPS) is 11.4. The minimum Gasteiger partial charge on any atom is -0.351 e. The molecule has 0 bridgehead atoms. The molecule has 0 aliphatic heterocycles. The largest absolute Gasteiger partial charge is 0.351 e. The monoisotopic (exact) mass is 262 g/mol. The molecule has 0 fully saturated rings. The smallest absolute Gasteiger partial charge is 0.237 e. The molecule has 0 aliphatic carbocycles. The molecule has 1 aromatic rings. The van der Waals surface area contributed by atoms with E-state index in [1.54, 1.807) is 12.1 Å². The highest BCUT2D eigenvalue weighted by molar-refractivity contribution is 6.30. The first kappa shape index (κ1) is 15.2. The maximum atomic E-state index is 11.4. The number of rotatable bonds is 4. The van der Waals surface area contributed by atoms with E-state index in [1.807, 2.05) is 19.1 Å². The van der Waals surface area contributed by atoms with Gasteiger partial charge in [0.05, 0.1) is 6.04 Å². The zero-order valence-corrected chi connectivity index (χ0v) is 10.6. The average Bonchev–Trinajstić information content (AvgIpc) is 2.26. The van der Waals surface area contributed by atoms with Crippen LogP contribution in [0.2, 0.25) is 5.02 Å². The summed E-state index contributed by atoms with van der Waals surface area (Å²) in [7, 11) is 0. The highest BCUT2D eigenvalue weighted by atomic mass is 35.5. The van der Waals surface area contributed by atoms with E-state index in [-0.39, 0.29) is 18.3 Å². The van der Waals surface area contributed by atoms with Gasteiger partial charge in [-0.2, -0.15) is 0 Å². The summed E-state index contributed by atoms with van der Waals surface area (Å²) in [5.74, 6) is -0.118. The third-order valence-electron chi connectivity index (χ3n) is 2.16. The number of carbonyl (C=O) groups excluding carboxylic acids is 1. The summed E-state index contributed by atoms with van der Waals surface area (Å²) in [6.07, 6.45) is 0.645. The van der Waals surface area contributed by atoms with Crippen LogP contribution in [0.3, 0.4) is 0 Å². The predicted octanol–water partition coefficient (Wildman–Crippen LogP) is 2.12. The van der Waals surface area contributed by atoms with Crippen LogP contribution in [0.4, 0.5) is 0 Å². The molecule has 1 amide bonds. The fraction of sp³-hybridized carbons (Fsp3) is 0.364. The SMILES string of the molecule is CC[C@H](N)C(=O)NCc1ccc(Cl)cc1.Cl. The second-order valence-electron chi connectivity index (χ2n) is 3.36. The van der Waals surface area contributed by atoms with Crippen LogP contribution < -0.4 is 11.1 Å². The first-order chi connectivity index (χ1) is 7.13. The van der Waals surface area contributed by atoms with Crippen molar-refractivity contribution in [2.24, 2.45) is 5.73 Å². The Morgan fingerprint density at radius 2 is 2.00 bits per heavy atom. The van der Waals surface area contributed by atoms with Crippen molar-refractivity contribution in [1.82, 2.24) is 5.32 Å². The lowest BCUT2D eigenvalue weighted by Gasteiger charge is -2.09. The molecule has 3 nitrogen and oxygen atoms in total. The Labute approximate surface area is 107 Å². The maximum Gasteiger partial charge on any atom is 0.237 e. The molecule has 1 atom stereocenters. The number of nitrogens with two attached hydrogens (primary N) is 1. The minimum atomic E-state index is -0.419. The Kier molecular flexibility index (Phi) is 7.13. The van der Waals surface area contributed by atoms with Crippen LogP contribution in [0.15, 0.2) is 24.3 Å². The van der Waals surface area contributed by atoms with Gasteiger partial charge >= 0.3 is 0 Å². The van der Waals surface area contributed by atoms with Crippen LogP contribution in [0.25, 0.3) is 0 Å². The maximum absolute atomic E-state index is 11.4. The number of benzene rings is 1. The van der Waals surface area contributed by atoms with Gasteiger partial charge < -0.3 is 11.1 Å². The third kappa shape index (κ3) is 4.84. The number of carbonyl (C=O) groups is 1. The van der Waals surface area contributed by atoms with E-state index < -0.39 is 6.04 Å². The standard InChI is InChI=1S/C11H15ClN2O.ClH/c1-2-10(13)11(15)14-7-8-3-5-9(12)6-4-8;/h3-6,10H,2,7,13H2,1H3,(H,14,15);1H/t10-;/m0./s1. The van der Waals surface area contributed by atoms with Gasteiger partial charge in [0.1, 0.15) is 0 Å². The highest BCUT2D eigenvalue weighted by Crippen LogP contribution is 2.09. The lowest BCUT2D eigenvalue weighted by Crippen LogP contribution is -2.39.